The van der Waals surface area contributed by atoms with Crippen LogP contribution in [0, 0.1) is 5.82 Å². The van der Waals surface area contributed by atoms with E-state index in [1.807, 2.05) is 0 Å². The van der Waals surface area contributed by atoms with Crippen LogP contribution in [0.4, 0.5) is 10.1 Å². The highest BCUT2D eigenvalue weighted by Gasteiger charge is 2.19. The third kappa shape index (κ3) is 6.16. The van der Waals surface area contributed by atoms with Crippen molar-refractivity contribution in [2.75, 3.05) is 24.2 Å². The summed E-state index contributed by atoms with van der Waals surface area (Å²) in [6.07, 6.45) is -1.05. The summed E-state index contributed by atoms with van der Waals surface area (Å²) in [5, 5.41) is 42.9. The van der Waals surface area contributed by atoms with E-state index in [0.717, 1.165) is 11.8 Å². The monoisotopic (exact) mass is 463 g/mol. The van der Waals surface area contributed by atoms with E-state index in [4.69, 9.17) is 5.11 Å². The molecule has 0 bridgehead atoms. The summed E-state index contributed by atoms with van der Waals surface area (Å²) in [5.74, 6) is -1.08. The van der Waals surface area contributed by atoms with E-state index < -0.39 is 24.4 Å². The van der Waals surface area contributed by atoms with E-state index in [9.17, 15) is 19.5 Å². The van der Waals surface area contributed by atoms with Crippen LogP contribution in [0.15, 0.2) is 37.5 Å². The number of aliphatic hydroxyl groups excluding tert-OH is 2. The molecule has 1 amide bonds. The van der Waals surface area contributed by atoms with Crippen molar-refractivity contribution in [2.45, 2.75) is 11.1 Å². The number of aromatic nitrogens is 2. The molecular weight excluding hydrogens is 449 g/mol. The molecule has 1 atom stereocenters. The molecule has 1 unspecified atom stereocenters. The van der Waals surface area contributed by atoms with Gasteiger partial charge in [0.25, 0.3) is 0 Å². The van der Waals surface area contributed by atoms with Crippen LogP contribution in [0.5, 0.6) is 0 Å². The number of oxime groups is 1. The van der Waals surface area contributed by atoms with E-state index in [0.29, 0.717) is 5.69 Å². The summed E-state index contributed by atoms with van der Waals surface area (Å²) in [4.78, 5) is 11.7. The number of amidine groups is 1. The van der Waals surface area contributed by atoms with Gasteiger partial charge in [-0.05, 0) is 44.4 Å². The SMILES string of the molecule is O=C(CSc1nonc1C(=NO)Nc1ccc(F)c(Br)c1)NCC(O)CO. The molecule has 0 saturated heterocycles. The van der Waals surface area contributed by atoms with E-state index in [2.05, 4.69) is 46.7 Å². The Hall–Kier alpha value is -2.22. The topological polar surface area (TPSA) is 153 Å². The summed E-state index contributed by atoms with van der Waals surface area (Å²) >= 11 is 4.00. The zero-order chi connectivity index (χ0) is 19.8. The second kappa shape index (κ2) is 10.2. The molecule has 10 nitrogen and oxygen atoms in total. The number of hydrogen-bond donors (Lipinski definition) is 5. The number of rotatable bonds is 8. The molecule has 0 aliphatic heterocycles. The van der Waals surface area contributed by atoms with Gasteiger partial charge in [0.15, 0.2) is 10.7 Å². The van der Waals surface area contributed by atoms with Crippen LogP contribution < -0.4 is 10.6 Å². The first-order chi connectivity index (χ1) is 12.9. The summed E-state index contributed by atoms with van der Waals surface area (Å²) < 4.78 is 18.1. The molecule has 13 heteroatoms. The zero-order valence-electron chi connectivity index (χ0n) is 13.6. The average molecular weight is 464 g/mol. The number of anilines is 1. The lowest BCUT2D eigenvalue weighted by Gasteiger charge is -2.09. The molecule has 5 N–H and O–H groups in total. The lowest BCUT2D eigenvalue weighted by Crippen LogP contribution is -2.34. The first kappa shape index (κ1) is 21.1. The second-order valence-electron chi connectivity index (χ2n) is 5.05. The maximum Gasteiger partial charge on any atom is 0.230 e. The highest BCUT2D eigenvalue weighted by molar-refractivity contribution is 9.10. The van der Waals surface area contributed by atoms with E-state index in [1.54, 1.807) is 0 Å². The lowest BCUT2D eigenvalue weighted by atomic mass is 10.3. The van der Waals surface area contributed by atoms with Crippen molar-refractivity contribution in [3.8, 4) is 0 Å². The number of amides is 1. The van der Waals surface area contributed by atoms with Gasteiger partial charge in [0.1, 0.15) is 5.82 Å². The Labute approximate surface area is 164 Å². The lowest BCUT2D eigenvalue weighted by molar-refractivity contribution is -0.119. The van der Waals surface area contributed by atoms with Crippen molar-refractivity contribution in [1.29, 1.82) is 0 Å². The maximum atomic E-state index is 13.3. The van der Waals surface area contributed by atoms with Gasteiger partial charge in [-0.3, -0.25) is 4.79 Å². The van der Waals surface area contributed by atoms with Gasteiger partial charge in [0.2, 0.25) is 11.7 Å². The maximum absolute atomic E-state index is 13.3. The van der Waals surface area contributed by atoms with Crippen LogP contribution >= 0.6 is 27.7 Å². The first-order valence-electron chi connectivity index (χ1n) is 7.40. The third-order valence-corrected chi connectivity index (χ3v) is 4.61. The second-order valence-corrected chi connectivity index (χ2v) is 6.87. The minimum Gasteiger partial charge on any atom is -0.409 e. The van der Waals surface area contributed by atoms with Crippen molar-refractivity contribution < 1.29 is 29.2 Å². The predicted molar refractivity (Wildman–Crippen MR) is 97.2 cm³/mol. The van der Waals surface area contributed by atoms with Gasteiger partial charge in [0.05, 0.1) is 22.9 Å². The van der Waals surface area contributed by atoms with Gasteiger partial charge < -0.3 is 26.1 Å². The van der Waals surface area contributed by atoms with Gasteiger partial charge in [-0.2, -0.15) is 0 Å². The predicted octanol–water partition coefficient (Wildman–Crippen LogP) is 0.781. The Kier molecular flexibility index (Phi) is 7.97. The van der Waals surface area contributed by atoms with Gasteiger partial charge in [-0.25, -0.2) is 9.02 Å². The number of hydrogen-bond acceptors (Lipinski definition) is 9. The van der Waals surface area contributed by atoms with Crippen molar-refractivity contribution in [3.63, 3.8) is 0 Å². The molecule has 27 heavy (non-hydrogen) atoms. The largest absolute Gasteiger partial charge is 0.409 e. The molecule has 146 valence electrons. The Morgan fingerprint density at radius 3 is 2.89 bits per heavy atom. The van der Waals surface area contributed by atoms with Crippen molar-refractivity contribution in [3.05, 3.63) is 34.2 Å². The Morgan fingerprint density at radius 2 is 2.22 bits per heavy atom. The highest BCUT2D eigenvalue weighted by Crippen LogP contribution is 2.23. The molecule has 1 heterocycles. The number of nitrogens with one attached hydrogen (secondary N) is 2. The minimum atomic E-state index is -1.05. The van der Waals surface area contributed by atoms with Gasteiger partial charge in [-0.15, -0.1) is 0 Å². The Balaban J connectivity index is 2.01. The van der Waals surface area contributed by atoms with Crippen molar-refractivity contribution >= 4 is 45.1 Å². The first-order valence-corrected chi connectivity index (χ1v) is 9.18. The number of halogens is 2. The summed E-state index contributed by atoms with van der Waals surface area (Å²) in [7, 11) is 0. The normalized spacial score (nSPS) is 12.7. The number of carbonyl (C=O) groups is 1. The molecule has 0 aliphatic rings. The van der Waals surface area contributed by atoms with Gasteiger partial charge in [-0.1, -0.05) is 16.9 Å². The minimum absolute atomic E-state index is 0.0474. The van der Waals surface area contributed by atoms with E-state index in [-0.39, 0.29) is 33.3 Å². The summed E-state index contributed by atoms with van der Waals surface area (Å²) in [6.45, 7) is -0.559. The standard InChI is InChI=1S/C14H15BrFN5O5S/c15-9-3-7(1-2-10(9)16)18-13(19-25)12-14(21-26-20-12)27-6-11(24)17-4-8(23)5-22/h1-3,8,22-23,25H,4-6H2,(H,17,24)(H,18,19). The summed E-state index contributed by atoms with van der Waals surface area (Å²) in [6, 6.07) is 4.07. The highest BCUT2D eigenvalue weighted by atomic mass is 79.9. The van der Waals surface area contributed by atoms with E-state index in [1.165, 1.54) is 18.2 Å². The van der Waals surface area contributed by atoms with Crippen LogP contribution in [0.2, 0.25) is 0 Å². The Morgan fingerprint density at radius 1 is 1.44 bits per heavy atom. The van der Waals surface area contributed by atoms with Crippen LogP contribution in [0.1, 0.15) is 5.69 Å². The Bertz CT molecular complexity index is 821. The molecule has 1 aromatic carbocycles. The van der Waals surface area contributed by atoms with Crippen LogP contribution in [-0.2, 0) is 4.79 Å². The summed E-state index contributed by atoms with van der Waals surface area (Å²) in [5.41, 5.74) is 0.455. The smallest absolute Gasteiger partial charge is 0.230 e. The van der Waals surface area contributed by atoms with Gasteiger partial charge >= 0.3 is 0 Å². The fourth-order valence-corrected chi connectivity index (χ4v) is 2.85. The van der Waals surface area contributed by atoms with Crippen LogP contribution in [0.25, 0.3) is 0 Å². The molecule has 2 rings (SSSR count). The quantitative estimate of drug-likeness (QED) is 0.125. The molecule has 0 spiro atoms. The van der Waals surface area contributed by atoms with Crippen LogP contribution in [0.3, 0.4) is 0 Å². The molecular formula is C14H15BrFN5O5S. The number of benzene rings is 1. The molecule has 0 fully saturated rings. The molecule has 0 saturated carbocycles. The average Bonchev–Trinajstić information content (AvgIpc) is 3.13. The van der Waals surface area contributed by atoms with Crippen molar-refractivity contribution in [1.82, 2.24) is 15.6 Å². The number of nitrogens with zero attached hydrogens (tertiary/aromatic N) is 3. The van der Waals surface area contributed by atoms with Gasteiger partial charge in [0, 0.05) is 12.2 Å². The fraction of sp³-hybridized carbons (Fsp3) is 0.286. The third-order valence-electron chi connectivity index (χ3n) is 3.05. The number of thioether (sulfide) groups is 1. The molecule has 1 aromatic heterocycles. The van der Waals surface area contributed by atoms with Crippen molar-refractivity contribution in [2.24, 2.45) is 5.16 Å². The number of carbonyl (C=O) groups excluding carboxylic acids is 1. The molecule has 0 aliphatic carbocycles. The molecule has 2 aromatic rings. The molecule has 0 radical (unpaired) electrons. The van der Waals surface area contributed by atoms with Crippen LogP contribution in [-0.4, -0.2) is 62.5 Å². The fourth-order valence-electron chi connectivity index (χ4n) is 1.74. The zero-order valence-corrected chi connectivity index (χ0v) is 16.0. The number of aliphatic hydroxyl groups is 2. The van der Waals surface area contributed by atoms with E-state index >= 15 is 0 Å².